The summed E-state index contributed by atoms with van der Waals surface area (Å²) >= 11 is 4.57. The lowest BCUT2D eigenvalue weighted by Gasteiger charge is -2.13. The summed E-state index contributed by atoms with van der Waals surface area (Å²) in [6.45, 7) is 0. The van der Waals surface area contributed by atoms with Crippen molar-refractivity contribution in [3.63, 3.8) is 0 Å². The Kier molecular flexibility index (Phi) is 6.90. The molecule has 33 heavy (non-hydrogen) atoms. The summed E-state index contributed by atoms with van der Waals surface area (Å²) in [5, 5.41) is 3.70. The Balaban J connectivity index is 1.58. The number of hydrogen-bond acceptors (Lipinski definition) is 6. The second-order valence-electron chi connectivity index (χ2n) is 6.93. The lowest BCUT2D eigenvalue weighted by Crippen LogP contribution is -2.23. The Morgan fingerprint density at radius 3 is 2.42 bits per heavy atom. The number of carbonyl (C=O) groups excluding carboxylic acids is 2. The van der Waals surface area contributed by atoms with Crippen LogP contribution in [0.25, 0.3) is 16.6 Å². The number of anilines is 1. The average Bonchev–Trinajstić information content (AvgIpc) is 2.83. The molecule has 1 aromatic heterocycles. The van der Waals surface area contributed by atoms with Gasteiger partial charge in [0.1, 0.15) is 0 Å². The zero-order chi connectivity index (χ0) is 23.4. The van der Waals surface area contributed by atoms with Crippen molar-refractivity contribution in [2.45, 2.75) is 5.16 Å². The van der Waals surface area contributed by atoms with Gasteiger partial charge in [-0.2, -0.15) is 0 Å². The zero-order valence-corrected chi connectivity index (χ0v) is 19.9. The molecule has 0 unspecified atom stereocenters. The highest BCUT2D eigenvalue weighted by molar-refractivity contribution is 9.10. The standard InChI is InChI=1S/C24H18BrN3O4S/c1-32-23(31)15-6-10-17(11-7-15)26-21(29)14-33-24-27-20-5-3-2-4-19(20)22(30)28(24)18-12-8-16(25)9-13-18/h2-13H,14H2,1H3,(H,26,29). The highest BCUT2D eigenvalue weighted by atomic mass is 79.9. The molecule has 0 aliphatic carbocycles. The number of hydrogen-bond donors (Lipinski definition) is 1. The zero-order valence-electron chi connectivity index (χ0n) is 17.4. The van der Waals surface area contributed by atoms with Gasteiger partial charge in [-0.15, -0.1) is 0 Å². The van der Waals surface area contributed by atoms with Crippen LogP contribution in [0.3, 0.4) is 0 Å². The van der Waals surface area contributed by atoms with Crippen molar-refractivity contribution in [3.05, 3.63) is 93.2 Å². The van der Waals surface area contributed by atoms with Crippen LogP contribution in [-0.4, -0.2) is 34.3 Å². The lowest BCUT2D eigenvalue weighted by atomic mass is 10.2. The molecule has 7 nitrogen and oxygen atoms in total. The fourth-order valence-electron chi connectivity index (χ4n) is 3.16. The molecule has 3 aromatic carbocycles. The molecule has 9 heteroatoms. The second-order valence-corrected chi connectivity index (χ2v) is 8.79. The number of carbonyl (C=O) groups is 2. The van der Waals surface area contributed by atoms with Crippen molar-refractivity contribution in [2.24, 2.45) is 0 Å². The molecule has 4 rings (SSSR count). The van der Waals surface area contributed by atoms with E-state index < -0.39 is 5.97 Å². The molecule has 1 amide bonds. The summed E-state index contributed by atoms with van der Waals surface area (Å²) in [6, 6.07) is 20.8. The Labute approximate surface area is 201 Å². The third-order valence-electron chi connectivity index (χ3n) is 4.75. The van der Waals surface area contributed by atoms with Crippen LogP contribution in [0.2, 0.25) is 0 Å². The Bertz CT molecular complexity index is 1390. The quantitative estimate of drug-likeness (QED) is 0.224. The number of para-hydroxylation sites is 1. The van der Waals surface area contributed by atoms with Crippen molar-refractivity contribution in [3.8, 4) is 5.69 Å². The van der Waals surface area contributed by atoms with Gasteiger partial charge >= 0.3 is 5.97 Å². The number of halogens is 1. The van der Waals surface area contributed by atoms with Crippen LogP contribution in [0.4, 0.5) is 5.69 Å². The largest absolute Gasteiger partial charge is 0.465 e. The van der Waals surface area contributed by atoms with E-state index in [0.29, 0.717) is 33.0 Å². The number of amides is 1. The van der Waals surface area contributed by atoms with Crippen LogP contribution in [0.1, 0.15) is 10.4 Å². The Morgan fingerprint density at radius 1 is 1.03 bits per heavy atom. The number of methoxy groups -OCH3 is 1. The molecule has 166 valence electrons. The first-order chi connectivity index (χ1) is 16.0. The fourth-order valence-corrected chi connectivity index (χ4v) is 4.24. The summed E-state index contributed by atoms with van der Waals surface area (Å²) in [5.41, 5.74) is 1.96. The predicted molar refractivity (Wildman–Crippen MR) is 132 cm³/mol. The molecule has 0 bridgehead atoms. The van der Waals surface area contributed by atoms with E-state index in [9.17, 15) is 14.4 Å². The van der Waals surface area contributed by atoms with Gasteiger partial charge in [0, 0.05) is 10.2 Å². The molecular weight excluding hydrogens is 506 g/mol. The van der Waals surface area contributed by atoms with Gasteiger partial charge in [-0.1, -0.05) is 39.8 Å². The van der Waals surface area contributed by atoms with E-state index in [1.54, 1.807) is 42.5 Å². The van der Waals surface area contributed by atoms with Crippen molar-refractivity contribution >= 4 is 56.2 Å². The van der Waals surface area contributed by atoms with E-state index in [1.807, 2.05) is 30.3 Å². The molecule has 0 aliphatic heterocycles. The Hall–Kier alpha value is -3.43. The normalized spacial score (nSPS) is 10.7. The Morgan fingerprint density at radius 2 is 1.73 bits per heavy atom. The third kappa shape index (κ3) is 5.15. The van der Waals surface area contributed by atoms with Gasteiger partial charge < -0.3 is 10.1 Å². The topological polar surface area (TPSA) is 90.3 Å². The van der Waals surface area contributed by atoms with E-state index in [1.165, 1.54) is 23.4 Å². The highest BCUT2D eigenvalue weighted by Gasteiger charge is 2.15. The number of aromatic nitrogens is 2. The molecule has 1 N–H and O–H groups in total. The number of rotatable bonds is 6. The van der Waals surface area contributed by atoms with Crippen LogP contribution in [0.15, 0.2) is 87.2 Å². The average molecular weight is 524 g/mol. The number of benzene rings is 3. The smallest absolute Gasteiger partial charge is 0.337 e. The summed E-state index contributed by atoms with van der Waals surface area (Å²) in [7, 11) is 1.31. The van der Waals surface area contributed by atoms with Gasteiger partial charge in [-0.05, 0) is 60.7 Å². The van der Waals surface area contributed by atoms with Gasteiger partial charge in [0.25, 0.3) is 5.56 Å². The van der Waals surface area contributed by atoms with E-state index in [4.69, 9.17) is 0 Å². The van der Waals surface area contributed by atoms with Crippen molar-refractivity contribution in [1.82, 2.24) is 9.55 Å². The van der Waals surface area contributed by atoms with E-state index >= 15 is 0 Å². The summed E-state index contributed by atoms with van der Waals surface area (Å²) in [6.07, 6.45) is 0. The van der Waals surface area contributed by atoms with Crippen LogP contribution in [0.5, 0.6) is 0 Å². The minimum atomic E-state index is -0.447. The number of ether oxygens (including phenoxy) is 1. The van der Waals surface area contributed by atoms with Crippen LogP contribution in [0, 0.1) is 0 Å². The molecule has 0 spiro atoms. The summed E-state index contributed by atoms with van der Waals surface area (Å²) in [4.78, 5) is 42.0. The van der Waals surface area contributed by atoms with Crippen LogP contribution < -0.4 is 10.9 Å². The molecule has 1 heterocycles. The number of nitrogens with zero attached hydrogens (tertiary/aromatic N) is 2. The van der Waals surface area contributed by atoms with Crippen molar-refractivity contribution in [1.29, 1.82) is 0 Å². The maximum atomic E-state index is 13.2. The summed E-state index contributed by atoms with van der Waals surface area (Å²) < 4.78 is 7.07. The maximum absolute atomic E-state index is 13.2. The number of esters is 1. The molecule has 0 radical (unpaired) electrons. The molecule has 0 saturated heterocycles. The van der Waals surface area contributed by atoms with Crippen LogP contribution >= 0.6 is 27.7 Å². The minimum absolute atomic E-state index is 0.0417. The first-order valence-electron chi connectivity index (χ1n) is 9.85. The van der Waals surface area contributed by atoms with E-state index in [-0.39, 0.29) is 17.2 Å². The second kappa shape index (κ2) is 10.0. The van der Waals surface area contributed by atoms with Crippen molar-refractivity contribution in [2.75, 3.05) is 18.2 Å². The molecule has 0 saturated carbocycles. The highest BCUT2D eigenvalue weighted by Crippen LogP contribution is 2.23. The number of nitrogens with one attached hydrogen (secondary N) is 1. The third-order valence-corrected chi connectivity index (χ3v) is 6.22. The van der Waals surface area contributed by atoms with Gasteiger partial charge in [0.2, 0.25) is 5.91 Å². The first kappa shape index (κ1) is 22.8. The van der Waals surface area contributed by atoms with E-state index in [2.05, 4.69) is 31.0 Å². The number of fused-ring (bicyclic) bond motifs is 1. The molecule has 0 aliphatic rings. The number of thioether (sulfide) groups is 1. The van der Waals surface area contributed by atoms with Crippen molar-refractivity contribution < 1.29 is 14.3 Å². The van der Waals surface area contributed by atoms with Gasteiger partial charge in [-0.3, -0.25) is 14.2 Å². The van der Waals surface area contributed by atoms with Gasteiger partial charge in [-0.25, -0.2) is 9.78 Å². The fraction of sp³-hybridized carbons (Fsp3) is 0.0833. The monoisotopic (exact) mass is 523 g/mol. The van der Waals surface area contributed by atoms with Crippen LogP contribution in [-0.2, 0) is 9.53 Å². The minimum Gasteiger partial charge on any atom is -0.465 e. The molecule has 0 atom stereocenters. The first-order valence-corrected chi connectivity index (χ1v) is 11.6. The predicted octanol–water partition coefficient (Wildman–Crippen LogP) is 4.67. The van der Waals surface area contributed by atoms with E-state index in [0.717, 1.165) is 4.47 Å². The maximum Gasteiger partial charge on any atom is 0.337 e. The lowest BCUT2D eigenvalue weighted by molar-refractivity contribution is -0.113. The summed E-state index contributed by atoms with van der Waals surface area (Å²) in [5.74, 6) is -0.674. The SMILES string of the molecule is COC(=O)c1ccc(NC(=O)CSc2nc3ccccc3c(=O)n2-c2ccc(Br)cc2)cc1. The molecule has 4 aromatic rings. The molecule has 0 fully saturated rings. The molecular formula is C24H18BrN3O4S. The van der Waals surface area contributed by atoms with Gasteiger partial charge in [0.15, 0.2) is 5.16 Å². The van der Waals surface area contributed by atoms with Gasteiger partial charge in [0.05, 0.1) is 35.0 Å².